The lowest BCUT2D eigenvalue weighted by molar-refractivity contribution is 0.469. The summed E-state index contributed by atoms with van der Waals surface area (Å²) in [6.07, 6.45) is 4.82. The van der Waals surface area contributed by atoms with E-state index in [1.54, 1.807) is 27.7 Å². The monoisotopic (exact) mass is 340 g/mol. The summed E-state index contributed by atoms with van der Waals surface area (Å²) in [5.41, 5.74) is 2.04. The zero-order chi connectivity index (χ0) is 17.6. The number of halogens is 1. The second-order valence-electron chi connectivity index (χ2n) is 7.17. The van der Waals surface area contributed by atoms with Crippen molar-refractivity contribution in [3.05, 3.63) is 52.3 Å². The van der Waals surface area contributed by atoms with Crippen molar-refractivity contribution in [1.82, 2.24) is 19.6 Å². The summed E-state index contributed by atoms with van der Waals surface area (Å²) < 4.78 is 16.4. The Morgan fingerprint density at radius 3 is 2.60 bits per heavy atom. The fourth-order valence-corrected chi connectivity index (χ4v) is 3.06. The van der Waals surface area contributed by atoms with Crippen LogP contribution >= 0.6 is 0 Å². The Morgan fingerprint density at radius 2 is 1.96 bits per heavy atom. The molecule has 1 aliphatic carbocycles. The van der Waals surface area contributed by atoms with E-state index in [4.69, 9.17) is 0 Å². The first kappa shape index (κ1) is 16.0. The van der Waals surface area contributed by atoms with Crippen molar-refractivity contribution >= 4 is 10.9 Å². The number of aryl methyl sites for hydroxylation is 1. The van der Waals surface area contributed by atoms with Gasteiger partial charge < -0.3 is 0 Å². The van der Waals surface area contributed by atoms with Gasteiger partial charge in [-0.1, -0.05) is 13.8 Å². The highest BCUT2D eigenvalue weighted by Gasteiger charge is 2.30. The Bertz CT molecular complexity index is 967. The summed E-state index contributed by atoms with van der Waals surface area (Å²) in [7, 11) is 0. The maximum Gasteiger partial charge on any atom is 0.293 e. The van der Waals surface area contributed by atoms with Crippen LogP contribution in [-0.2, 0) is 6.54 Å². The third-order valence-corrected chi connectivity index (χ3v) is 4.66. The predicted molar refractivity (Wildman–Crippen MR) is 94.5 cm³/mol. The molecular weight excluding hydrogens is 319 g/mol. The molecule has 0 unspecified atom stereocenters. The Kier molecular flexibility index (Phi) is 3.90. The number of hydrogen-bond acceptors (Lipinski definition) is 3. The molecule has 1 fully saturated rings. The summed E-state index contributed by atoms with van der Waals surface area (Å²) in [4.78, 5) is 13.0. The third-order valence-electron chi connectivity index (χ3n) is 4.66. The van der Waals surface area contributed by atoms with Crippen LogP contribution in [0.4, 0.5) is 4.39 Å². The standard InChI is InChI=1S/C19H21FN4O/c1-12(2)9-10-23-19(25)18-16(17(22-23)13-3-4-13)11-21-24(18)15-7-5-14(20)6-8-15/h5-8,11-13H,3-4,9-10H2,1-2H3. The molecule has 0 N–H and O–H groups in total. The molecule has 0 spiro atoms. The van der Waals surface area contributed by atoms with Gasteiger partial charge in [0.05, 0.1) is 17.6 Å². The van der Waals surface area contributed by atoms with E-state index in [1.165, 1.54) is 12.1 Å². The average Bonchev–Trinajstić information content (AvgIpc) is 3.33. The third kappa shape index (κ3) is 2.97. The minimum absolute atomic E-state index is 0.137. The molecule has 2 heterocycles. The SMILES string of the molecule is CC(C)CCn1nc(C2CC2)c2cnn(-c3ccc(F)cc3)c2c1=O. The van der Waals surface area contributed by atoms with Crippen molar-refractivity contribution in [2.75, 3.05) is 0 Å². The van der Waals surface area contributed by atoms with Crippen molar-refractivity contribution in [2.45, 2.75) is 45.6 Å². The van der Waals surface area contributed by atoms with Gasteiger partial charge >= 0.3 is 0 Å². The van der Waals surface area contributed by atoms with Crippen LogP contribution in [0.2, 0.25) is 0 Å². The van der Waals surface area contributed by atoms with Crippen LogP contribution in [0.25, 0.3) is 16.6 Å². The largest absolute Gasteiger partial charge is 0.293 e. The number of aromatic nitrogens is 4. The molecule has 5 nitrogen and oxygen atoms in total. The molecule has 0 atom stereocenters. The first-order valence-corrected chi connectivity index (χ1v) is 8.79. The average molecular weight is 340 g/mol. The Morgan fingerprint density at radius 1 is 1.24 bits per heavy atom. The van der Waals surface area contributed by atoms with E-state index < -0.39 is 0 Å². The van der Waals surface area contributed by atoms with E-state index in [1.807, 2.05) is 0 Å². The number of hydrogen-bond donors (Lipinski definition) is 0. The maximum atomic E-state index is 13.2. The van der Waals surface area contributed by atoms with Gasteiger partial charge in [-0.15, -0.1) is 0 Å². The van der Waals surface area contributed by atoms with Gasteiger partial charge in [-0.05, 0) is 49.4 Å². The Balaban J connectivity index is 1.90. The quantitative estimate of drug-likeness (QED) is 0.712. The molecule has 1 aromatic carbocycles. The van der Waals surface area contributed by atoms with Crippen molar-refractivity contribution in [1.29, 1.82) is 0 Å². The first-order chi connectivity index (χ1) is 12.0. The van der Waals surface area contributed by atoms with Crippen LogP contribution in [-0.4, -0.2) is 19.6 Å². The summed E-state index contributed by atoms with van der Waals surface area (Å²) >= 11 is 0. The molecule has 0 bridgehead atoms. The number of fused-ring (bicyclic) bond motifs is 1. The second kappa shape index (κ2) is 6.10. The van der Waals surface area contributed by atoms with Crippen LogP contribution in [0, 0.1) is 11.7 Å². The highest BCUT2D eigenvalue weighted by molar-refractivity contribution is 5.82. The fourth-order valence-electron chi connectivity index (χ4n) is 3.06. The molecule has 3 aromatic rings. The van der Waals surface area contributed by atoms with Gasteiger partial charge in [-0.2, -0.15) is 10.2 Å². The predicted octanol–water partition coefficient (Wildman–Crippen LogP) is 3.64. The minimum atomic E-state index is -0.310. The van der Waals surface area contributed by atoms with Gasteiger partial charge in [0.15, 0.2) is 0 Å². The lowest BCUT2D eigenvalue weighted by atomic mass is 10.1. The lowest BCUT2D eigenvalue weighted by Crippen LogP contribution is -2.26. The molecule has 6 heteroatoms. The smallest absolute Gasteiger partial charge is 0.265 e. The highest BCUT2D eigenvalue weighted by Crippen LogP contribution is 2.41. The van der Waals surface area contributed by atoms with E-state index in [0.717, 1.165) is 30.3 Å². The molecule has 0 radical (unpaired) electrons. The minimum Gasteiger partial charge on any atom is -0.265 e. The molecule has 1 aliphatic rings. The second-order valence-corrected chi connectivity index (χ2v) is 7.17. The summed E-state index contributed by atoms with van der Waals surface area (Å²) in [5.74, 6) is 0.602. The number of rotatable bonds is 5. The molecule has 130 valence electrons. The maximum absolute atomic E-state index is 13.2. The van der Waals surface area contributed by atoms with Crippen molar-refractivity contribution in [2.24, 2.45) is 5.92 Å². The van der Waals surface area contributed by atoms with Crippen LogP contribution < -0.4 is 5.56 Å². The van der Waals surface area contributed by atoms with Gasteiger partial charge in [-0.25, -0.2) is 13.8 Å². The van der Waals surface area contributed by atoms with E-state index in [0.29, 0.717) is 29.6 Å². The van der Waals surface area contributed by atoms with E-state index in [2.05, 4.69) is 24.0 Å². The lowest BCUT2D eigenvalue weighted by Gasteiger charge is -2.11. The summed E-state index contributed by atoms with van der Waals surface area (Å²) in [6, 6.07) is 6.03. The topological polar surface area (TPSA) is 52.7 Å². The Labute approximate surface area is 145 Å². The first-order valence-electron chi connectivity index (χ1n) is 8.79. The van der Waals surface area contributed by atoms with Gasteiger partial charge in [0, 0.05) is 17.8 Å². The fraction of sp³-hybridized carbons (Fsp3) is 0.421. The van der Waals surface area contributed by atoms with Crippen molar-refractivity contribution < 1.29 is 4.39 Å². The van der Waals surface area contributed by atoms with E-state index >= 15 is 0 Å². The molecular formula is C19H21FN4O. The molecule has 0 amide bonds. The zero-order valence-electron chi connectivity index (χ0n) is 14.4. The summed E-state index contributed by atoms with van der Waals surface area (Å²) in [5, 5.41) is 9.87. The highest BCUT2D eigenvalue weighted by atomic mass is 19.1. The molecule has 1 saturated carbocycles. The van der Waals surface area contributed by atoms with Gasteiger partial charge in [0.2, 0.25) is 0 Å². The van der Waals surface area contributed by atoms with Crippen LogP contribution in [0.3, 0.4) is 0 Å². The van der Waals surface area contributed by atoms with Crippen molar-refractivity contribution in [3.63, 3.8) is 0 Å². The molecule has 2 aromatic heterocycles. The van der Waals surface area contributed by atoms with E-state index in [9.17, 15) is 9.18 Å². The molecule has 0 saturated heterocycles. The van der Waals surface area contributed by atoms with Crippen molar-refractivity contribution in [3.8, 4) is 5.69 Å². The van der Waals surface area contributed by atoms with Gasteiger partial charge in [0.25, 0.3) is 5.56 Å². The van der Waals surface area contributed by atoms with E-state index in [-0.39, 0.29) is 11.4 Å². The normalized spacial score (nSPS) is 14.6. The van der Waals surface area contributed by atoms with Gasteiger partial charge in [0.1, 0.15) is 11.3 Å². The van der Waals surface area contributed by atoms with Crippen LogP contribution in [0.1, 0.15) is 44.7 Å². The number of nitrogens with zero attached hydrogens (tertiary/aromatic N) is 4. The molecule has 25 heavy (non-hydrogen) atoms. The molecule has 4 rings (SSSR count). The van der Waals surface area contributed by atoms with Crippen LogP contribution in [0.15, 0.2) is 35.3 Å². The van der Waals surface area contributed by atoms with Gasteiger partial charge in [-0.3, -0.25) is 4.79 Å². The number of benzene rings is 1. The summed E-state index contributed by atoms with van der Waals surface area (Å²) in [6.45, 7) is 4.86. The zero-order valence-corrected chi connectivity index (χ0v) is 14.4. The Hall–Kier alpha value is -2.50. The van der Waals surface area contributed by atoms with Crippen LogP contribution in [0.5, 0.6) is 0 Å². The molecule has 0 aliphatic heterocycles.